The molecule has 0 radical (unpaired) electrons. The second-order valence-electron chi connectivity index (χ2n) is 2.41. The smallest absolute Gasteiger partial charge is 0.216 e. The molecule has 0 saturated heterocycles. The summed E-state index contributed by atoms with van der Waals surface area (Å²) in [5.74, 6) is 0. The van der Waals surface area contributed by atoms with E-state index in [1.807, 2.05) is 6.92 Å². The van der Waals surface area contributed by atoms with Crippen molar-refractivity contribution in [3.05, 3.63) is 11.1 Å². The third-order valence-electron chi connectivity index (χ3n) is 1.40. The van der Waals surface area contributed by atoms with Crippen LogP contribution in [0.25, 0.3) is 0 Å². The van der Waals surface area contributed by atoms with Gasteiger partial charge in [-0.15, -0.1) is 11.3 Å². The zero-order valence-corrected chi connectivity index (χ0v) is 8.99. The zero-order valence-electron chi connectivity index (χ0n) is 8.17. The van der Waals surface area contributed by atoms with Crippen LogP contribution in [-0.2, 0) is 14.4 Å². The summed E-state index contributed by atoms with van der Waals surface area (Å²) in [6.07, 6.45) is 0.556. The molecule has 0 unspecified atom stereocenters. The van der Waals surface area contributed by atoms with Crippen molar-refractivity contribution in [2.24, 2.45) is 5.16 Å². The summed E-state index contributed by atoms with van der Waals surface area (Å²) in [6.45, 7) is 2.36. The SMILES string of the molecule is CCOCO/N=C(\C=O)c1csc(N)n1. The van der Waals surface area contributed by atoms with E-state index in [1.54, 1.807) is 5.38 Å². The first-order valence-corrected chi connectivity index (χ1v) is 5.10. The quantitative estimate of drug-likeness (QED) is 0.254. The number of carbonyl (C=O) groups is 1. The number of carbonyl (C=O) groups excluding carboxylic acids is 1. The molecule has 0 aromatic carbocycles. The van der Waals surface area contributed by atoms with Gasteiger partial charge in [-0.3, -0.25) is 4.79 Å². The molecule has 1 rings (SSSR count). The van der Waals surface area contributed by atoms with Crippen molar-refractivity contribution in [3.8, 4) is 0 Å². The van der Waals surface area contributed by atoms with Crippen LogP contribution in [0.4, 0.5) is 5.13 Å². The van der Waals surface area contributed by atoms with E-state index in [0.29, 0.717) is 23.7 Å². The fourth-order valence-corrected chi connectivity index (χ4v) is 1.31. The third kappa shape index (κ3) is 3.64. The Labute approximate surface area is 90.7 Å². The minimum atomic E-state index is 0.00740. The molecule has 0 amide bonds. The first-order valence-electron chi connectivity index (χ1n) is 4.22. The Morgan fingerprint density at radius 1 is 1.80 bits per heavy atom. The number of aldehydes is 1. The maximum absolute atomic E-state index is 10.7. The van der Waals surface area contributed by atoms with E-state index in [0.717, 1.165) is 0 Å². The highest BCUT2D eigenvalue weighted by Gasteiger charge is 2.07. The van der Waals surface area contributed by atoms with Crippen LogP contribution in [0.1, 0.15) is 12.6 Å². The lowest BCUT2D eigenvalue weighted by atomic mass is 10.3. The molecule has 1 aromatic rings. The van der Waals surface area contributed by atoms with Crippen molar-refractivity contribution >= 4 is 28.5 Å². The van der Waals surface area contributed by atoms with Crippen molar-refractivity contribution < 1.29 is 14.4 Å². The van der Waals surface area contributed by atoms with Crippen LogP contribution in [0.15, 0.2) is 10.5 Å². The van der Waals surface area contributed by atoms with Gasteiger partial charge in [-0.1, -0.05) is 5.16 Å². The molecular weight excluding hydrogens is 218 g/mol. The predicted octanol–water partition coefficient (Wildman–Crippen LogP) is 0.639. The fourth-order valence-electron chi connectivity index (χ4n) is 0.750. The van der Waals surface area contributed by atoms with Crippen molar-refractivity contribution in [1.82, 2.24) is 4.98 Å². The highest BCUT2D eigenvalue weighted by Crippen LogP contribution is 2.11. The molecule has 0 saturated carbocycles. The number of nitrogens with zero attached hydrogens (tertiary/aromatic N) is 2. The largest absolute Gasteiger partial charge is 0.375 e. The van der Waals surface area contributed by atoms with Gasteiger partial charge < -0.3 is 15.3 Å². The average molecular weight is 229 g/mol. The normalized spacial score (nSPS) is 11.4. The average Bonchev–Trinajstić information content (AvgIpc) is 2.65. The standard InChI is InChI=1S/C8H11N3O3S/c1-2-13-5-14-11-6(3-12)7-4-15-8(9)10-7/h3-4H,2,5H2,1H3,(H2,9,10)/b11-6+. The molecule has 0 aliphatic rings. The lowest BCUT2D eigenvalue weighted by molar-refractivity contribution is -0.103. The minimum absolute atomic E-state index is 0.00740. The van der Waals surface area contributed by atoms with Gasteiger partial charge in [-0.2, -0.15) is 0 Å². The molecule has 0 atom stereocenters. The van der Waals surface area contributed by atoms with Gasteiger partial charge in [0.1, 0.15) is 5.69 Å². The van der Waals surface area contributed by atoms with Gasteiger partial charge in [0.05, 0.1) is 0 Å². The maximum atomic E-state index is 10.7. The Balaban J connectivity index is 2.59. The number of ether oxygens (including phenoxy) is 1. The van der Waals surface area contributed by atoms with Crippen LogP contribution < -0.4 is 5.73 Å². The van der Waals surface area contributed by atoms with Gasteiger partial charge in [0.15, 0.2) is 17.1 Å². The second kappa shape index (κ2) is 6.10. The van der Waals surface area contributed by atoms with E-state index in [2.05, 4.69) is 10.1 Å². The van der Waals surface area contributed by atoms with Gasteiger partial charge >= 0.3 is 0 Å². The second-order valence-corrected chi connectivity index (χ2v) is 3.29. The third-order valence-corrected chi connectivity index (χ3v) is 2.07. The molecule has 6 nitrogen and oxygen atoms in total. The molecule has 0 fully saturated rings. The Hall–Kier alpha value is -1.47. The van der Waals surface area contributed by atoms with Crippen LogP contribution in [0.5, 0.6) is 0 Å². The maximum Gasteiger partial charge on any atom is 0.216 e. The molecule has 7 heteroatoms. The summed E-state index contributed by atoms with van der Waals surface area (Å²) in [5.41, 5.74) is 5.92. The Bertz CT molecular complexity index is 351. The first kappa shape index (κ1) is 11.6. The zero-order chi connectivity index (χ0) is 11.1. The molecule has 0 spiro atoms. The molecule has 0 aliphatic carbocycles. The van der Waals surface area contributed by atoms with E-state index in [4.69, 9.17) is 15.3 Å². The molecule has 82 valence electrons. The van der Waals surface area contributed by atoms with Crippen LogP contribution in [-0.4, -0.2) is 30.4 Å². The highest BCUT2D eigenvalue weighted by molar-refractivity contribution is 7.13. The molecule has 0 bridgehead atoms. The van der Waals surface area contributed by atoms with Crippen molar-refractivity contribution in [2.45, 2.75) is 6.92 Å². The van der Waals surface area contributed by atoms with Gasteiger partial charge in [0.25, 0.3) is 0 Å². The number of hydrogen-bond acceptors (Lipinski definition) is 7. The molecule has 1 aromatic heterocycles. The summed E-state index contributed by atoms with van der Waals surface area (Å²) in [7, 11) is 0. The Morgan fingerprint density at radius 2 is 2.60 bits per heavy atom. The van der Waals surface area contributed by atoms with Crippen LogP contribution >= 0.6 is 11.3 Å². The fraction of sp³-hybridized carbons (Fsp3) is 0.375. The number of nitrogen functional groups attached to an aromatic ring is 1. The van der Waals surface area contributed by atoms with E-state index in [-0.39, 0.29) is 12.5 Å². The number of nitrogens with two attached hydrogens (primary N) is 1. The molecular formula is C8H11N3O3S. The van der Waals surface area contributed by atoms with Crippen LogP contribution in [0.3, 0.4) is 0 Å². The number of oxime groups is 1. The Morgan fingerprint density at radius 3 is 3.13 bits per heavy atom. The lowest BCUT2D eigenvalue weighted by Gasteiger charge is -1.98. The van der Waals surface area contributed by atoms with Crippen molar-refractivity contribution in [3.63, 3.8) is 0 Å². The summed E-state index contributed by atoms with van der Waals surface area (Å²) >= 11 is 1.23. The summed E-state index contributed by atoms with van der Waals surface area (Å²) in [6, 6.07) is 0. The molecule has 1 heterocycles. The van der Waals surface area contributed by atoms with E-state index < -0.39 is 0 Å². The summed E-state index contributed by atoms with van der Waals surface area (Å²) < 4.78 is 4.88. The topological polar surface area (TPSA) is 86.8 Å². The minimum Gasteiger partial charge on any atom is -0.375 e. The predicted molar refractivity (Wildman–Crippen MR) is 56.7 cm³/mol. The van der Waals surface area contributed by atoms with E-state index in [1.165, 1.54) is 11.3 Å². The van der Waals surface area contributed by atoms with Gasteiger partial charge in [-0.25, -0.2) is 4.98 Å². The van der Waals surface area contributed by atoms with Gasteiger partial charge in [0.2, 0.25) is 6.79 Å². The number of hydrogen-bond donors (Lipinski definition) is 1. The number of anilines is 1. The van der Waals surface area contributed by atoms with Gasteiger partial charge in [-0.05, 0) is 6.92 Å². The van der Waals surface area contributed by atoms with E-state index >= 15 is 0 Å². The molecule has 2 N–H and O–H groups in total. The lowest BCUT2D eigenvalue weighted by Crippen LogP contribution is -2.05. The Kier molecular flexibility index (Phi) is 4.72. The number of aromatic nitrogens is 1. The van der Waals surface area contributed by atoms with Crippen LogP contribution in [0.2, 0.25) is 0 Å². The van der Waals surface area contributed by atoms with Crippen molar-refractivity contribution in [1.29, 1.82) is 0 Å². The monoisotopic (exact) mass is 229 g/mol. The van der Waals surface area contributed by atoms with Crippen molar-refractivity contribution in [2.75, 3.05) is 19.1 Å². The first-order chi connectivity index (χ1) is 7.27. The van der Waals surface area contributed by atoms with E-state index in [9.17, 15) is 4.79 Å². The number of rotatable bonds is 6. The van der Waals surface area contributed by atoms with Gasteiger partial charge in [0, 0.05) is 12.0 Å². The summed E-state index contributed by atoms with van der Waals surface area (Å²) in [5, 5.41) is 5.59. The summed E-state index contributed by atoms with van der Waals surface area (Å²) in [4.78, 5) is 19.3. The molecule has 0 aliphatic heterocycles. The number of thiazole rings is 1. The highest BCUT2D eigenvalue weighted by atomic mass is 32.1. The van der Waals surface area contributed by atoms with Crippen LogP contribution in [0, 0.1) is 0 Å². The molecule has 15 heavy (non-hydrogen) atoms.